The number of aryl methyl sites for hydroxylation is 3. The molecule has 0 radical (unpaired) electrons. The van der Waals surface area contributed by atoms with E-state index in [0.717, 1.165) is 85.2 Å². The maximum atomic E-state index is 13.8. The van der Waals surface area contributed by atoms with Gasteiger partial charge in [-0.2, -0.15) is 0 Å². The van der Waals surface area contributed by atoms with Crippen molar-refractivity contribution < 1.29 is 0 Å². The Hall–Kier alpha value is -6.47. The Kier molecular flexibility index (Phi) is 9.30. The molecule has 0 aliphatic carbocycles. The Labute approximate surface area is 315 Å². The molecule has 0 aliphatic heterocycles. The Bertz CT molecular complexity index is 2530. The molecule has 0 atom stereocenters. The van der Waals surface area contributed by atoms with Gasteiger partial charge < -0.3 is 4.57 Å². The van der Waals surface area contributed by atoms with Crippen LogP contribution in [0.5, 0.6) is 0 Å². The molecule has 7 nitrogen and oxygen atoms in total. The zero-order valence-electron chi connectivity index (χ0n) is 31.1. The van der Waals surface area contributed by atoms with E-state index in [1.165, 1.54) is 0 Å². The highest BCUT2D eigenvalue weighted by Gasteiger charge is 2.41. The van der Waals surface area contributed by atoms with Crippen molar-refractivity contribution in [3.63, 3.8) is 0 Å². The maximum Gasteiger partial charge on any atom is 0.254 e. The van der Waals surface area contributed by atoms with Crippen LogP contribution >= 0.6 is 0 Å². The Balaban J connectivity index is 1.20. The van der Waals surface area contributed by atoms with E-state index >= 15 is 0 Å². The van der Waals surface area contributed by atoms with E-state index in [2.05, 4.69) is 86.6 Å². The third kappa shape index (κ3) is 5.92. The number of hydrogen-bond donors (Lipinski definition) is 0. The van der Waals surface area contributed by atoms with Gasteiger partial charge in [0.1, 0.15) is 0 Å². The van der Waals surface area contributed by atoms with Crippen molar-refractivity contribution in [2.45, 2.75) is 52.6 Å². The molecule has 0 aliphatic rings. The maximum absolute atomic E-state index is 13.8. The summed E-state index contributed by atoms with van der Waals surface area (Å²) in [5.41, 5.74) is 11.0. The van der Waals surface area contributed by atoms with Crippen LogP contribution in [0.3, 0.4) is 0 Å². The Morgan fingerprint density at radius 1 is 0.630 bits per heavy atom. The van der Waals surface area contributed by atoms with Gasteiger partial charge in [-0.1, -0.05) is 153 Å². The fraction of sp³-hybridized carbons (Fsp3) is 0.170. The second-order valence-electron chi connectivity index (χ2n) is 13.8. The summed E-state index contributed by atoms with van der Waals surface area (Å²) in [6.07, 6.45) is 1.62. The first-order valence-electron chi connectivity index (χ1n) is 18.6. The first kappa shape index (κ1) is 34.6. The summed E-state index contributed by atoms with van der Waals surface area (Å²) in [5, 5.41) is 15.8. The molecular weight excluding hydrogens is 665 g/mol. The zero-order valence-corrected chi connectivity index (χ0v) is 31.1. The van der Waals surface area contributed by atoms with E-state index in [-0.39, 0.29) is 5.56 Å². The van der Waals surface area contributed by atoms with Gasteiger partial charge in [0.05, 0.1) is 12.1 Å². The molecule has 0 fully saturated rings. The lowest BCUT2D eigenvalue weighted by Gasteiger charge is -2.34. The molecule has 0 spiro atoms. The average Bonchev–Trinajstić information content (AvgIpc) is 3.73. The summed E-state index contributed by atoms with van der Waals surface area (Å²) in [6, 6.07) is 49.8. The third-order valence-electron chi connectivity index (χ3n) is 10.7. The van der Waals surface area contributed by atoms with Crippen LogP contribution in [-0.2, 0) is 24.9 Å². The summed E-state index contributed by atoms with van der Waals surface area (Å²) in [5.74, 6) is 0.530. The van der Waals surface area contributed by atoms with Crippen molar-refractivity contribution >= 4 is 10.9 Å². The molecule has 0 saturated carbocycles. The fourth-order valence-electron chi connectivity index (χ4n) is 7.77. The molecule has 54 heavy (non-hydrogen) atoms. The highest BCUT2D eigenvalue weighted by Crippen LogP contribution is 2.40. The summed E-state index contributed by atoms with van der Waals surface area (Å²) >= 11 is 0. The molecule has 0 saturated heterocycles. The van der Waals surface area contributed by atoms with Crippen molar-refractivity contribution in [1.82, 2.24) is 29.8 Å². The number of benzene rings is 5. The van der Waals surface area contributed by atoms with E-state index in [1.807, 2.05) is 91.2 Å². The van der Waals surface area contributed by atoms with Crippen LogP contribution in [0.15, 0.2) is 150 Å². The Morgan fingerprint density at radius 3 is 1.74 bits per heavy atom. The normalized spacial score (nSPS) is 11.6. The topological polar surface area (TPSA) is 78.5 Å². The van der Waals surface area contributed by atoms with Crippen molar-refractivity contribution in [2.24, 2.45) is 0 Å². The molecular formula is C47H42N6O. The van der Waals surface area contributed by atoms with Crippen LogP contribution in [0.4, 0.5) is 0 Å². The average molecular weight is 707 g/mol. The molecule has 3 aromatic heterocycles. The lowest BCUT2D eigenvalue weighted by molar-refractivity contribution is 0.396. The van der Waals surface area contributed by atoms with Crippen LogP contribution in [0, 0.1) is 13.8 Å². The fourth-order valence-corrected chi connectivity index (χ4v) is 7.77. The monoisotopic (exact) mass is 706 g/mol. The van der Waals surface area contributed by atoms with E-state index in [1.54, 1.807) is 4.80 Å². The lowest BCUT2D eigenvalue weighted by atomic mass is 9.77. The van der Waals surface area contributed by atoms with E-state index in [9.17, 15) is 4.79 Å². The highest BCUT2D eigenvalue weighted by atomic mass is 16.1. The number of pyridine rings is 2. The minimum atomic E-state index is -0.867. The van der Waals surface area contributed by atoms with Crippen LogP contribution in [0.2, 0.25) is 0 Å². The summed E-state index contributed by atoms with van der Waals surface area (Å²) < 4.78 is 1.92. The number of hydrogen-bond acceptors (Lipinski definition) is 5. The molecule has 8 rings (SSSR count). The predicted octanol–water partition coefficient (Wildman–Crippen LogP) is 9.35. The second-order valence-corrected chi connectivity index (χ2v) is 13.8. The smallest absolute Gasteiger partial charge is 0.254 e. The van der Waals surface area contributed by atoms with Gasteiger partial charge in [0.2, 0.25) is 5.82 Å². The molecule has 0 amide bonds. The minimum absolute atomic E-state index is 0.0384. The van der Waals surface area contributed by atoms with Gasteiger partial charge in [0, 0.05) is 27.9 Å². The molecule has 5 aromatic carbocycles. The van der Waals surface area contributed by atoms with Gasteiger partial charge in [-0.3, -0.25) is 9.78 Å². The van der Waals surface area contributed by atoms with Crippen molar-refractivity contribution in [2.75, 3.05) is 0 Å². The first-order chi connectivity index (χ1) is 26.4. The number of rotatable bonds is 10. The third-order valence-corrected chi connectivity index (χ3v) is 10.7. The van der Waals surface area contributed by atoms with Gasteiger partial charge >= 0.3 is 0 Å². The SMILES string of the molecule is CCc1cc2c(c(CC)n1)c(C)c(C)c(=O)n2Cc1ccc(-c2ccccc2-c2nnn(C(c3ccccc3)(c3ccccc3)c3ccccc3)n2)cc1. The van der Waals surface area contributed by atoms with Gasteiger partial charge in [0.15, 0.2) is 5.54 Å². The van der Waals surface area contributed by atoms with Crippen LogP contribution < -0.4 is 5.56 Å². The molecule has 3 heterocycles. The van der Waals surface area contributed by atoms with Crippen molar-refractivity contribution in [3.8, 4) is 22.5 Å². The molecule has 8 aromatic rings. The zero-order chi connectivity index (χ0) is 37.2. The standard InChI is InChI=1S/C47H42N6O/c1-5-39-30-43-44(42(6-2)48-39)32(3)33(4)46(54)52(43)31-34-26-28-35(29-27-34)40-24-16-17-25-41(40)45-49-51-53(50-45)47(36-18-10-7-11-19-36,37-20-12-8-13-21-37)38-22-14-9-15-23-38/h7-30H,5-6,31H2,1-4H3. The number of fused-ring (bicyclic) bond motifs is 1. The van der Waals surface area contributed by atoms with Gasteiger partial charge in [-0.15, -0.1) is 15.0 Å². The van der Waals surface area contributed by atoms with Crippen LogP contribution in [0.25, 0.3) is 33.4 Å². The minimum Gasteiger partial charge on any atom is -0.303 e. The largest absolute Gasteiger partial charge is 0.303 e. The van der Waals surface area contributed by atoms with Gasteiger partial charge in [-0.05, 0) is 76.9 Å². The van der Waals surface area contributed by atoms with Gasteiger partial charge in [0.25, 0.3) is 5.56 Å². The molecule has 0 bridgehead atoms. The van der Waals surface area contributed by atoms with Crippen LogP contribution in [-0.4, -0.2) is 29.8 Å². The summed E-state index contributed by atoms with van der Waals surface area (Å²) in [7, 11) is 0. The summed E-state index contributed by atoms with van der Waals surface area (Å²) in [6.45, 7) is 8.67. The predicted molar refractivity (Wildman–Crippen MR) is 217 cm³/mol. The number of nitrogens with zero attached hydrogens (tertiary/aromatic N) is 6. The van der Waals surface area contributed by atoms with E-state index in [0.29, 0.717) is 12.4 Å². The lowest BCUT2D eigenvalue weighted by Crippen LogP contribution is -2.39. The van der Waals surface area contributed by atoms with Crippen LogP contribution in [0.1, 0.15) is 58.6 Å². The quantitative estimate of drug-likeness (QED) is 0.133. The first-order valence-corrected chi connectivity index (χ1v) is 18.6. The highest BCUT2D eigenvalue weighted by molar-refractivity contribution is 5.86. The molecule has 0 N–H and O–H groups in total. The molecule has 7 heteroatoms. The Morgan fingerprint density at radius 2 is 1.19 bits per heavy atom. The number of tetrazole rings is 1. The molecule has 266 valence electrons. The van der Waals surface area contributed by atoms with Crippen molar-refractivity contribution in [3.05, 3.63) is 201 Å². The van der Waals surface area contributed by atoms with E-state index in [4.69, 9.17) is 20.4 Å². The number of aromatic nitrogens is 6. The summed E-state index contributed by atoms with van der Waals surface area (Å²) in [4.78, 5) is 20.4. The van der Waals surface area contributed by atoms with Gasteiger partial charge in [-0.25, -0.2) is 0 Å². The van der Waals surface area contributed by atoms with Crippen molar-refractivity contribution in [1.29, 1.82) is 0 Å². The second kappa shape index (κ2) is 14.5. The van der Waals surface area contributed by atoms with E-state index < -0.39 is 5.54 Å². The molecule has 0 unspecified atom stereocenters.